The smallest absolute Gasteiger partial charge is 0.123 e. The van der Waals surface area contributed by atoms with Crippen LogP contribution in [0.4, 0.5) is 4.39 Å². The highest BCUT2D eigenvalue weighted by Crippen LogP contribution is 2.36. The predicted octanol–water partition coefficient (Wildman–Crippen LogP) is 5.18. The quantitative estimate of drug-likeness (QED) is 0.559. The molecule has 0 aliphatic carbocycles. The van der Waals surface area contributed by atoms with Crippen molar-refractivity contribution in [2.75, 3.05) is 7.05 Å². The van der Waals surface area contributed by atoms with Gasteiger partial charge in [0.05, 0.1) is 5.69 Å². The van der Waals surface area contributed by atoms with E-state index in [0.717, 1.165) is 48.5 Å². The summed E-state index contributed by atoms with van der Waals surface area (Å²) in [5, 5.41) is 3.49. The van der Waals surface area contributed by atoms with Crippen LogP contribution in [0.5, 0.6) is 5.75 Å². The van der Waals surface area contributed by atoms with Crippen molar-refractivity contribution in [1.29, 1.82) is 0 Å². The molecule has 2 aliphatic rings. The summed E-state index contributed by atoms with van der Waals surface area (Å²) in [6, 6.07) is 20.3. The Kier molecular flexibility index (Phi) is 6.19. The van der Waals surface area contributed by atoms with E-state index in [1.54, 1.807) is 12.1 Å². The number of ether oxygens (including phenoxy) is 1. The number of nitrogens with zero attached hydrogens (tertiary/aromatic N) is 2. The zero-order valence-corrected chi connectivity index (χ0v) is 18.5. The molecule has 5 heteroatoms. The Morgan fingerprint density at radius 2 is 1.72 bits per heavy atom. The summed E-state index contributed by atoms with van der Waals surface area (Å²) in [7, 11) is 2.26. The molecule has 1 N–H and O–H groups in total. The fourth-order valence-corrected chi connectivity index (χ4v) is 5.05. The number of pyridine rings is 1. The normalized spacial score (nSPS) is 22.8. The lowest BCUT2D eigenvalue weighted by Gasteiger charge is -2.36. The Morgan fingerprint density at radius 3 is 2.44 bits per heavy atom. The molecular weight excluding hydrogens is 401 g/mol. The third-order valence-electron chi connectivity index (χ3n) is 6.88. The van der Waals surface area contributed by atoms with E-state index >= 15 is 0 Å². The third kappa shape index (κ3) is 4.84. The molecule has 2 atom stereocenters. The van der Waals surface area contributed by atoms with Gasteiger partial charge in [0, 0.05) is 36.9 Å². The van der Waals surface area contributed by atoms with Crippen LogP contribution in [-0.4, -0.2) is 35.1 Å². The van der Waals surface area contributed by atoms with Crippen LogP contribution in [0.25, 0.3) is 11.3 Å². The van der Waals surface area contributed by atoms with Crippen LogP contribution in [0.1, 0.15) is 36.8 Å². The number of fused-ring (bicyclic) bond motifs is 2. The Hall–Kier alpha value is -2.76. The van der Waals surface area contributed by atoms with E-state index in [1.807, 2.05) is 12.3 Å². The van der Waals surface area contributed by atoms with Crippen molar-refractivity contribution in [3.05, 3.63) is 83.8 Å². The van der Waals surface area contributed by atoms with Gasteiger partial charge in [0.25, 0.3) is 0 Å². The van der Waals surface area contributed by atoms with Crippen molar-refractivity contribution < 1.29 is 9.13 Å². The molecule has 3 aromatic rings. The average molecular weight is 432 g/mol. The molecule has 2 saturated heterocycles. The van der Waals surface area contributed by atoms with Gasteiger partial charge < -0.3 is 15.0 Å². The Labute approximate surface area is 189 Å². The van der Waals surface area contributed by atoms with Gasteiger partial charge in [-0.05, 0) is 86.3 Å². The largest absolute Gasteiger partial charge is 0.490 e. The summed E-state index contributed by atoms with van der Waals surface area (Å²) < 4.78 is 19.5. The lowest BCUT2D eigenvalue weighted by atomic mass is 10.0. The lowest BCUT2D eigenvalue weighted by molar-refractivity contribution is 0.0661. The first-order valence-corrected chi connectivity index (χ1v) is 11.5. The Bertz CT molecular complexity index is 1020. The number of hydrogen-bond donors (Lipinski definition) is 1. The van der Waals surface area contributed by atoms with E-state index in [1.165, 1.54) is 30.5 Å². The predicted molar refractivity (Wildman–Crippen MR) is 125 cm³/mol. The number of benzene rings is 2. The number of hydrogen-bond acceptors (Lipinski definition) is 4. The number of aromatic nitrogens is 1. The molecule has 0 saturated carbocycles. The Morgan fingerprint density at radius 1 is 0.969 bits per heavy atom. The van der Waals surface area contributed by atoms with E-state index in [0.29, 0.717) is 18.2 Å². The van der Waals surface area contributed by atoms with Crippen LogP contribution < -0.4 is 10.1 Å². The van der Waals surface area contributed by atoms with E-state index in [2.05, 4.69) is 52.6 Å². The second-order valence-corrected chi connectivity index (χ2v) is 9.07. The van der Waals surface area contributed by atoms with Crippen molar-refractivity contribution >= 4 is 0 Å². The van der Waals surface area contributed by atoms with E-state index < -0.39 is 0 Å². The third-order valence-corrected chi connectivity index (χ3v) is 6.88. The zero-order chi connectivity index (χ0) is 21.9. The molecule has 3 heterocycles. The van der Waals surface area contributed by atoms with Gasteiger partial charge in [0.2, 0.25) is 0 Å². The van der Waals surface area contributed by atoms with Gasteiger partial charge in [-0.2, -0.15) is 0 Å². The SMILES string of the molecule is CN1[C@H]2CC[C@H]1CC(Oc1cccc(CNCc3ccc(-c4ccc(F)cc4)nc3)c1)C2. The summed E-state index contributed by atoms with van der Waals surface area (Å²) in [6.07, 6.45) is 7.10. The van der Waals surface area contributed by atoms with Crippen LogP contribution in [-0.2, 0) is 13.1 Å². The van der Waals surface area contributed by atoms with Gasteiger partial charge in [-0.15, -0.1) is 0 Å². The van der Waals surface area contributed by atoms with Gasteiger partial charge in [0.15, 0.2) is 0 Å². The van der Waals surface area contributed by atoms with Crippen molar-refractivity contribution in [1.82, 2.24) is 15.2 Å². The molecule has 1 aromatic heterocycles. The molecule has 0 radical (unpaired) electrons. The maximum Gasteiger partial charge on any atom is 0.123 e. The monoisotopic (exact) mass is 431 g/mol. The maximum atomic E-state index is 13.1. The summed E-state index contributed by atoms with van der Waals surface area (Å²) >= 11 is 0. The highest BCUT2D eigenvalue weighted by Gasteiger charge is 2.39. The topological polar surface area (TPSA) is 37.4 Å². The minimum atomic E-state index is -0.234. The molecular formula is C27H30FN3O. The molecule has 32 heavy (non-hydrogen) atoms. The summed E-state index contributed by atoms with van der Waals surface area (Å²) in [6.45, 7) is 1.51. The summed E-state index contributed by atoms with van der Waals surface area (Å²) in [5.41, 5.74) is 4.10. The molecule has 4 nitrogen and oxygen atoms in total. The number of rotatable bonds is 7. The summed E-state index contributed by atoms with van der Waals surface area (Å²) in [5.74, 6) is 0.742. The standard InChI is InChI=1S/C27H30FN3O/c1-31-23-10-11-24(31)15-26(14-23)32-25-4-2-3-19(13-25)16-29-17-20-5-12-27(30-18-20)21-6-8-22(28)9-7-21/h2-9,12-13,18,23-24,26,29H,10-11,14-17H2,1H3/t23-,24-/m0/s1. The number of nitrogens with one attached hydrogen (secondary N) is 1. The van der Waals surface area contributed by atoms with Crippen molar-refractivity contribution in [2.45, 2.75) is 57.0 Å². The van der Waals surface area contributed by atoms with Gasteiger partial charge in [0.1, 0.15) is 17.7 Å². The van der Waals surface area contributed by atoms with Crippen LogP contribution in [0, 0.1) is 5.82 Å². The molecule has 0 spiro atoms. The van der Waals surface area contributed by atoms with E-state index in [9.17, 15) is 4.39 Å². The van der Waals surface area contributed by atoms with Crippen LogP contribution in [0.15, 0.2) is 66.9 Å². The second-order valence-electron chi connectivity index (χ2n) is 9.07. The molecule has 2 aliphatic heterocycles. The lowest BCUT2D eigenvalue weighted by Crippen LogP contribution is -2.43. The Balaban J connectivity index is 1.13. The zero-order valence-electron chi connectivity index (χ0n) is 18.5. The first kappa shape index (κ1) is 21.1. The highest BCUT2D eigenvalue weighted by atomic mass is 19.1. The average Bonchev–Trinajstić information content (AvgIpc) is 3.01. The fourth-order valence-electron chi connectivity index (χ4n) is 5.05. The number of piperidine rings is 1. The van der Waals surface area contributed by atoms with Gasteiger partial charge in [-0.25, -0.2) is 4.39 Å². The van der Waals surface area contributed by atoms with E-state index in [4.69, 9.17) is 4.74 Å². The highest BCUT2D eigenvalue weighted by molar-refractivity contribution is 5.58. The first-order chi connectivity index (χ1) is 15.6. The van der Waals surface area contributed by atoms with Gasteiger partial charge >= 0.3 is 0 Å². The van der Waals surface area contributed by atoms with Crippen molar-refractivity contribution in [3.63, 3.8) is 0 Å². The van der Waals surface area contributed by atoms with Crippen molar-refractivity contribution in [3.8, 4) is 17.0 Å². The van der Waals surface area contributed by atoms with Gasteiger partial charge in [-0.3, -0.25) is 4.98 Å². The first-order valence-electron chi connectivity index (χ1n) is 11.5. The second kappa shape index (κ2) is 9.39. The molecule has 2 fully saturated rings. The fraction of sp³-hybridized carbons (Fsp3) is 0.370. The molecule has 2 aromatic carbocycles. The molecule has 0 unspecified atom stereocenters. The van der Waals surface area contributed by atoms with Gasteiger partial charge in [-0.1, -0.05) is 18.2 Å². The van der Waals surface area contributed by atoms with Crippen LogP contribution in [0.3, 0.4) is 0 Å². The molecule has 2 bridgehead atoms. The molecule has 5 rings (SSSR count). The minimum absolute atomic E-state index is 0.234. The number of halogens is 1. The van der Waals surface area contributed by atoms with E-state index in [-0.39, 0.29) is 5.82 Å². The van der Waals surface area contributed by atoms with Crippen LogP contribution in [0.2, 0.25) is 0 Å². The maximum absolute atomic E-state index is 13.1. The van der Waals surface area contributed by atoms with Crippen LogP contribution >= 0.6 is 0 Å². The molecule has 166 valence electrons. The summed E-state index contributed by atoms with van der Waals surface area (Å²) in [4.78, 5) is 7.06. The minimum Gasteiger partial charge on any atom is -0.490 e. The molecule has 0 amide bonds. The van der Waals surface area contributed by atoms with Crippen molar-refractivity contribution in [2.24, 2.45) is 0 Å².